The van der Waals surface area contributed by atoms with Crippen molar-refractivity contribution in [3.63, 3.8) is 0 Å². The van der Waals surface area contributed by atoms with Crippen LogP contribution in [0.25, 0.3) is 10.8 Å². The van der Waals surface area contributed by atoms with Crippen LogP contribution < -0.4 is 11.1 Å². The second kappa shape index (κ2) is 5.70. The topological polar surface area (TPSA) is 50.9 Å². The van der Waals surface area contributed by atoms with Crippen molar-refractivity contribution in [2.45, 2.75) is 45.1 Å². The summed E-state index contributed by atoms with van der Waals surface area (Å²) in [4.78, 5) is 4.15. The maximum absolute atomic E-state index is 6.33. The van der Waals surface area contributed by atoms with Crippen molar-refractivity contribution in [2.24, 2.45) is 5.92 Å². The third kappa shape index (κ3) is 2.58. The third-order valence-electron chi connectivity index (χ3n) is 4.56. The summed E-state index contributed by atoms with van der Waals surface area (Å²) in [5, 5.41) is 5.88. The van der Waals surface area contributed by atoms with Gasteiger partial charge in [-0.2, -0.15) is 0 Å². The van der Waals surface area contributed by atoms with E-state index < -0.39 is 0 Å². The van der Waals surface area contributed by atoms with Gasteiger partial charge in [-0.3, -0.25) is 4.98 Å². The quantitative estimate of drug-likeness (QED) is 0.634. The second-order valence-corrected chi connectivity index (χ2v) is 5.99. The average molecular weight is 269 g/mol. The van der Waals surface area contributed by atoms with Crippen LogP contribution in [-0.4, -0.2) is 11.0 Å². The van der Waals surface area contributed by atoms with Gasteiger partial charge in [0.25, 0.3) is 0 Å². The minimum absolute atomic E-state index is 0.541. The molecule has 20 heavy (non-hydrogen) atoms. The second-order valence-electron chi connectivity index (χ2n) is 5.99. The van der Waals surface area contributed by atoms with Crippen LogP contribution in [0.15, 0.2) is 30.6 Å². The van der Waals surface area contributed by atoms with E-state index in [4.69, 9.17) is 5.73 Å². The van der Waals surface area contributed by atoms with Gasteiger partial charge < -0.3 is 11.1 Å². The van der Waals surface area contributed by atoms with Gasteiger partial charge in [0, 0.05) is 29.2 Å². The first-order valence-electron chi connectivity index (χ1n) is 7.64. The summed E-state index contributed by atoms with van der Waals surface area (Å²) >= 11 is 0. The van der Waals surface area contributed by atoms with E-state index >= 15 is 0 Å². The van der Waals surface area contributed by atoms with E-state index in [2.05, 4.69) is 29.4 Å². The fraction of sp³-hybridized carbons (Fsp3) is 0.471. The van der Waals surface area contributed by atoms with Crippen molar-refractivity contribution in [2.75, 3.05) is 11.1 Å². The molecule has 1 aromatic carbocycles. The Labute approximate surface area is 120 Å². The van der Waals surface area contributed by atoms with Crippen molar-refractivity contribution < 1.29 is 0 Å². The number of hydrogen-bond donors (Lipinski definition) is 2. The lowest BCUT2D eigenvalue weighted by atomic mass is 9.96. The van der Waals surface area contributed by atoms with E-state index in [-0.39, 0.29) is 0 Å². The molecule has 2 aromatic rings. The zero-order chi connectivity index (χ0) is 13.9. The number of nitrogen functional groups attached to an aromatic ring is 1. The fourth-order valence-corrected chi connectivity index (χ4v) is 3.23. The summed E-state index contributed by atoms with van der Waals surface area (Å²) in [5.74, 6) is 0.713. The Kier molecular flexibility index (Phi) is 3.77. The molecule has 3 heteroatoms. The first-order valence-corrected chi connectivity index (χ1v) is 7.64. The summed E-state index contributed by atoms with van der Waals surface area (Å²) in [6.45, 7) is 2.35. The normalized spacial score (nSPS) is 23.4. The lowest BCUT2D eigenvalue weighted by Crippen LogP contribution is -2.26. The summed E-state index contributed by atoms with van der Waals surface area (Å²) in [7, 11) is 0. The molecule has 1 aliphatic rings. The first kappa shape index (κ1) is 13.2. The highest BCUT2D eigenvalue weighted by Crippen LogP contribution is 2.32. The van der Waals surface area contributed by atoms with Crippen molar-refractivity contribution in [3.8, 4) is 0 Å². The van der Waals surface area contributed by atoms with Crippen molar-refractivity contribution in [1.29, 1.82) is 0 Å². The Balaban J connectivity index is 1.88. The zero-order valence-electron chi connectivity index (χ0n) is 12.1. The Hall–Kier alpha value is -1.77. The number of aromatic nitrogens is 1. The number of nitrogens with zero attached hydrogens (tertiary/aromatic N) is 1. The van der Waals surface area contributed by atoms with Gasteiger partial charge in [-0.1, -0.05) is 32.3 Å². The molecule has 2 atom stereocenters. The number of anilines is 2. The Morgan fingerprint density at radius 3 is 2.90 bits per heavy atom. The van der Waals surface area contributed by atoms with Gasteiger partial charge in [0.1, 0.15) is 0 Å². The van der Waals surface area contributed by atoms with E-state index in [1.54, 1.807) is 6.20 Å². The van der Waals surface area contributed by atoms with Gasteiger partial charge in [-0.25, -0.2) is 0 Å². The molecular formula is C17H23N3. The molecule has 0 bridgehead atoms. The molecule has 0 radical (unpaired) electrons. The summed E-state index contributed by atoms with van der Waals surface area (Å²) in [5.41, 5.74) is 8.25. The van der Waals surface area contributed by atoms with Crippen LogP contribution in [0.4, 0.5) is 11.4 Å². The Morgan fingerprint density at radius 1 is 1.15 bits per heavy atom. The lowest BCUT2D eigenvalue weighted by molar-refractivity contribution is 0.457. The molecule has 106 valence electrons. The molecule has 1 heterocycles. The standard InChI is InChI=1S/C17H23N3/c1-12-5-3-2-4-6-15(12)20-16-8-7-13-11-19-10-9-14(13)17(16)18/h7-12,15,20H,2-6,18H2,1H3. The van der Waals surface area contributed by atoms with Crippen LogP contribution in [0.5, 0.6) is 0 Å². The number of benzene rings is 1. The molecule has 1 aromatic heterocycles. The van der Waals surface area contributed by atoms with Crippen LogP contribution in [0.3, 0.4) is 0 Å². The monoisotopic (exact) mass is 269 g/mol. The Bertz CT molecular complexity index is 594. The molecule has 1 aliphatic carbocycles. The Morgan fingerprint density at radius 2 is 2.00 bits per heavy atom. The van der Waals surface area contributed by atoms with E-state index in [1.165, 1.54) is 32.1 Å². The van der Waals surface area contributed by atoms with Gasteiger partial charge in [-0.15, -0.1) is 0 Å². The van der Waals surface area contributed by atoms with E-state index in [0.717, 1.165) is 22.1 Å². The fourth-order valence-electron chi connectivity index (χ4n) is 3.23. The number of rotatable bonds is 2. The molecule has 0 saturated heterocycles. The molecule has 0 aliphatic heterocycles. The van der Waals surface area contributed by atoms with E-state index in [9.17, 15) is 0 Å². The van der Waals surface area contributed by atoms with Gasteiger partial charge in [0.2, 0.25) is 0 Å². The maximum Gasteiger partial charge on any atom is 0.0630 e. The minimum Gasteiger partial charge on any atom is -0.397 e. The number of nitrogens with two attached hydrogens (primary N) is 1. The third-order valence-corrected chi connectivity index (χ3v) is 4.56. The highest BCUT2D eigenvalue weighted by Gasteiger charge is 2.20. The number of fused-ring (bicyclic) bond motifs is 1. The van der Waals surface area contributed by atoms with Crippen LogP contribution in [0, 0.1) is 5.92 Å². The van der Waals surface area contributed by atoms with E-state index in [0.29, 0.717) is 12.0 Å². The molecule has 0 amide bonds. The predicted molar refractivity (Wildman–Crippen MR) is 85.8 cm³/mol. The van der Waals surface area contributed by atoms with Crippen LogP contribution in [0.1, 0.15) is 39.0 Å². The van der Waals surface area contributed by atoms with Crippen LogP contribution in [0.2, 0.25) is 0 Å². The SMILES string of the molecule is CC1CCCCCC1Nc1ccc2cnccc2c1N. The molecule has 2 unspecified atom stereocenters. The van der Waals surface area contributed by atoms with Crippen LogP contribution in [-0.2, 0) is 0 Å². The summed E-state index contributed by atoms with van der Waals surface area (Å²) < 4.78 is 0. The van der Waals surface area contributed by atoms with Gasteiger partial charge in [0.05, 0.1) is 11.4 Å². The highest BCUT2D eigenvalue weighted by molar-refractivity contribution is 5.98. The smallest absolute Gasteiger partial charge is 0.0630 e. The summed E-state index contributed by atoms with van der Waals surface area (Å²) in [6, 6.07) is 6.73. The molecule has 1 fully saturated rings. The molecule has 1 saturated carbocycles. The van der Waals surface area contributed by atoms with Crippen molar-refractivity contribution in [3.05, 3.63) is 30.6 Å². The number of hydrogen-bond acceptors (Lipinski definition) is 3. The molecule has 0 spiro atoms. The largest absolute Gasteiger partial charge is 0.397 e. The molecule has 3 nitrogen and oxygen atoms in total. The zero-order valence-corrected chi connectivity index (χ0v) is 12.1. The highest BCUT2D eigenvalue weighted by atomic mass is 14.9. The van der Waals surface area contributed by atoms with Crippen molar-refractivity contribution in [1.82, 2.24) is 4.98 Å². The minimum atomic E-state index is 0.541. The van der Waals surface area contributed by atoms with E-state index in [1.807, 2.05) is 12.3 Å². The van der Waals surface area contributed by atoms with Crippen LogP contribution >= 0.6 is 0 Å². The van der Waals surface area contributed by atoms with Gasteiger partial charge >= 0.3 is 0 Å². The average Bonchev–Trinajstić information content (AvgIpc) is 2.67. The van der Waals surface area contributed by atoms with Crippen molar-refractivity contribution >= 4 is 22.1 Å². The van der Waals surface area contributed by atoms with Gasteiger partial charge in [0.15, 0.2) is 0 Å². The maximum atomic E-state index is 6.33. The molecule has 3 rings (SSSR count). The van der Waals surface area contributed by atoms with Gasteiger partial charge in [-0.05, 0) is 30.9 Å². The first-order chi connectivity index (χ1) is 9.75. The number of nitrogens with one attached hydrogen (secondary N) is 1. The lowest BCUT2D eigenvalue weighted by Gasteiger charge is -2.25. The number of pyridine rings is 1. The molecular weight excluding hydrogens is 246 g/mol. The predicted octanol–water partition coefficient (Wildman–Crippen LogP) is 4.20. The molecule has 3 N–H and O–H groups in total. The summed E-state index contributed by atoms with van der Waals surface area (Å²) in [6.07, 6.45) is 10.3.